The van der Waals surface area contributed by atoms with Crippen molar-refractivity contribution < 1.29 is 9.53 Å². The SMILES string of the molecule is CCOC(=O)c1nc(Br)n(Cc2ccc(-c3ccccc3)cc2)c1C. The summed E-state index contributed by atoms with van der Waals surface area (Å²) in [7, 11) is 0. The van der Waals surface area contributed by atoms with Crippen molar-refractivity contribution in [3.63, 3.8) is 0 Å². The molecule has 0 aliphatic carbocycles. The van der Waals surface area contributed by atoms with E-state index < -0.39 is 0 Å². The predicted octanol–water partition coefficient (Wildman–Crippen LogP) is 4.85. The van der Waals surface area contributed by atoms with Crippen LogP contribution in [0, 0.1) is 6.92 Å². The molecule has 25 heavy (non-hydrogen) atoms. The maximum absolute atomic E-state index is 12.0. The molecule has 0 N–H and O–H groups in total. The topological polar surface area (TPSA) is 44.1 Å². The number of nitrogens with zero attached hydrogens (tertiary/aromatic N) is 2. The predicted molar refractivity (Wildman–Crippen MR) is 102 cm³/mol. The summed E-state index contributed by atoms with van der Waals surface area (Å²) < 4.78 is 7.64. The number of benzene rings is 2. The summed E-state index contributed by atoms with van der Waals surface area (Å²) in [6.07, 6.45) is 0. The fraction of sp³-hybridized carbons (Fsp3) is 0.200. The van der Waals surface area contributed by atoms with E-state index in [1.165, 1.54) is 11.1 Å². The van der Waals surface area contributed by atoms with E-state index in [9.17, 15) is 4.79 Å². The third-order valence-corrected chi connectivity index (χ3v) is 4.65. The van der Waals surface area contributed by atoms with Crippen molar-refractivity contribution in [2.45, 2.75) is 20.4 Å². The summed E-state index contributed by atoms with van der Waals surface area (Å²) in [6, 6.07) is 18.7. The Labute approximate surface area is 155 Å². The second-order valence-corrected chi connectivity index (χ2v) is 6.39. The highest BCUT2D eigenvalue weighted by Crippen LogP contribution is 2.22. The maximum Gasteiger partial charge on any atom is 0.358 e. The average molecular weight is 399 g/mol. The van der Waals surface area contributed by atoms with Gasteiger partial charge in [-0.25, -0.2) is 9.78 Å². The Kier molecular flexibility index (Phi) is 5.34. The Morgan fingerprint density at radius 1 is 1.08 bits per heavy atom. The van der Waals surface area contributed by atoms with Crippen LogP contribution in [0.15, 0.2) is 59.3 Å². The van der Waals surface area contributed by atoms with Gasteiger partial charge in [-0.1, -0.05) is 54.6 Å². The molecule has 0 spiro atoms. The summed E-state index contributed by atoms with van der Waals surface area (Å²) in [4.78, 5) is 16.3. The van der Waals surface area contributed by atoms with Crippen molar-refractivity contribution >= 4 is 21.9 Å². The van der Waals surface area contributed by atoms with Gasteiger partial charge < -0.3 is 9.30 Å². The maximum atomic E-state index is 12.0. The van der Waals surface area contributed by atoms with Crippen molar-refractivity contribution in [1.82, 2.24) is 9.55 Å². The number of aromatic nitrogens is 2. The number of halogens is 1. The molecule has 4 nitrogen and oxygen atoms in total. The molecule has 0 radical (unpaired) electrons. The Morgan fingerprint density at radius 2 is 1.72 bits per heavy atom. The van der Waals surface area contributed by atoms with Gasteiger partial charge in [-0.2, -0.15) is 0 Å². The van der Waals surface area contributed by atoms with Crippen LogP contribution in [-0.4, -0.2) is 22.1 Å². The second-order valence-electron chi connectivity index (χ2n) is 5.68. The van der Waals surface area contributed by atoms with Crippen LogP contribution in [0.5, 0.6) is 0 Å². The van der Waals surface area contributed by atoms with Crippen molar-refractivity contribution in [3.8, 4) is 11.1 Å². The Hall–Kier alpha value is -2.40. The monoisotopic (exact) mass is 398 g/mol. The zero-order valence-corrected chi connectivity index (χ0v) is 15.8. The van der Waals surface area contributed by atoms with Crippen LogP contribution >= 0.6 is 15.9 Å². The summed E-state index contributed by atoms with van der Waals surface area (Å²) in [5.74, 6) is -0.390. The molecule has 0 aliphatic heterocycles. The normalized spacial score (nSPS) is 10.7. The van der Waals surface area contributed by atoms with E-state index in [-0.39, 0.29) is 5.97 Å². The number of carbonyl (C=O) groups is 1. The van der Waals surface area contributed by atoms with Crippen molar-refractivity contribution in [3.05, 3.63) is 76.3 Å². The molecule has 0 unspecified atom stereocenters. The van der Waals surface area contributed by atoms with E-state index in [1.807, 2.05) is 29.7 Å². The summed E-state index contributed by atoms with van der Waals surface area (Å²) in [5, 5.41) is 0. The molecule has 5 heteroatoms. The molecule has 128 valence electrons. The van der Waals surface area contributed by atoms with E-state index in [2.05, 4.69) is 57.3 Å². The van der Waals surface area contributed by atoms with Crippen molar-refractivity contribution in [2.75, 3.05) is 6.61 Å². The van der Waals surface area contributed by atoms with E-state index >= 15 is 0 Å². The van der Waals surface area contributed by atoms with Crippen LogP contribution in [0.2, 0.25) is 0 Å². The van der Waals surface area contributed by atoms with Crippen LogP contribution in [0.1, 0.15) is 28.7 Å². The molecule has 0 fully saturated rings. The Bertz CT molecular complexity index is 871. The highest BCUT2D eigenvalue weighted by atomic mass is 79.9. The van der Waals surface area contributed by atoms with Gasteiger partial charge in [0, 0.05) is 6.54 Å². The molecule has 0 amide bonds. The highest BCUT2D eigenvalue weighted by molar-refractivity contribution is 9.10. The average Bonchev–Trinajstić information content (AvgIpc) is 2.92. The lowest BCUT2D eigenvalue weighted by Crippen LogP contribution is -2.08. The van der Waals surface area contributed by atoms with Crippen LogP contribution < -0.4 is 0 Å². The first-order valence-electron chi connectivity index (χ1n) is 8.14. The Morgan fingerprint density at radius 3 is 2.36 bits per heavy atom. The van der Waals surface area contributed by atoms with Gasteiger partial charge in [0.1, 0.15) is 0 Å². The quantitative estimate of drug-likeness (QED) is 0.577. The minimum atomic E-state index is -0.390. The fourth-order valence-corrected chi connectivity index (χ4v) is 3.26. The number of imidazole rings is 1. The van der Waals surface area contributed by atoms with Gasteiger partial charge in [-0.15, -0.1) is 0 Å². The molecular formula is C20H19BrN2O2. The molecule has 0 saturated carbocycles. The fourth-order valence-electron chi connectivity index (χ4n) is 2.69. The number of esters is 1. The van der Waals surface area contributed by atoms with Gasteiger partial charge in [-0.3, -0.25) is 0 Å². The Balaban J connectivity index is 1.82. The van der Waals surface area contributed by atoms with E-state index in [0.717, 1.165) is 11.3 Å². The zero-order chi connectivity index (χ0) is 17.8. The second kappa shape index (κ2) is 7.66. The molecule has 2 aromatic carbocycles. The summed E-state index contributed by atoms with van der Waals surface area (Å²) >= 11 is 3.44. The molecular weight excluding hydrogens is 380 g/mol. The smallest absolute Gasteiger partial charge is 0.358 e. The van der Waals surface area contributed by atoms with Crippen LogP contribution in [0.4, 0.5) is 0 Å². The van der Waals surface area contributed by atoms with Crippen molar-refractivity contribution in [2.24, 2.45) is 0 Å². The molecule has 3 rings (SSSR count). The molecule has 1 heterocycles. The van der Waals surface area contributed by atoms with E-state index in [1.54, 1.807) is 6.92 Å². The number of rotatable bonds is 5. The number of hydrogen-bond donors (Lipinski definition) is 0. The lowest BCUT2D eigenvalue weighted by molar-refractivity contribution is 0.0519. The van der Waals surface area contributed by atoms with Crippen LogP contribution in [0.25, 0.3) is 11.1 Å². The van der Waals surface area contributed by atoms with Gasteiger partial charge in [-0.05, 0) is 46.5 Å². The first-order chi connectivity index (χ1) is 12.1. The van der Waals surface area contributed by atoms with Crippen LogP contribution in [0.3, 0.4) is 0 Å². The lowest BCUT2D eigenvalue weighted by Gasteiger charge is -2.09. The van der Waals surface area contributed by atoms with Gasteiger partial charge in [0.15, 0.2) is 10.4 Å². The minimum absolute atomic E-state index is 0.337. The zero-order valence-electron chi connectivity index (χ0n) is 14.2. The number of ether oxygens (including phenoxy) is 1. The molecule has 0 aliphatic rings. The molecule has 0 bridgehead atoms. The first kappa shape index (κ1) is 17.4. The molecule has 1 aromatic heterocycles. The van der Waals surface area contributed by atoms with Crippen LogP contribution in [-0.2, 0) is 11.3 Å². The van der Waals surface area contributed by atoms with E-state index in [0.29, 0.717) is 23.6 Å². The standard InChI is InChI=1S/C20H19BrN2O2/c1-3-25-19(24)18-14(2)23(20(21)22-18)13-15-9-11-17(12-10-15)16-7-5-4-6-8-16/h4-12H,3,13H2,1-2H3. The molecule has 3 aromatic rings. The van der Waals surface area contributed by atoms with Gasteiger partial charge >= 0.3 is 5.97 Å². The highest BCUT2D eigenvalue weighted by Gasteiger charge is 2.19. The van der Waals surface area contributed by atoms with Crippen molar-refractivity contribution in [1.29, 1.82) is 0 Å². The van der Waals surface area contributed by atoms with Gasteiger partial charge in [0.05, 0.1) is 12.3 Å². The van der Waals surface area contributed by atoms with Gasteiger partial charge in [0.2, 0.25) is 0 Å². The molecule has 0 saturated heterocycles. The van der Waals surface area contributed by atoms with Gasteiger partial charge in [0.25, 0.3) is 0 Å². The largest absolute Gasteiger partial charge is 0.461 e. The number of hydrogen-bond acceptors (Lipinski definition) is 3. The third-order valence-electron chi connectivity index (χ3n) is 4.04. The molecule has 0 atom stereocenters. The number of carbonyl (C=O) groups excluding carboxylic acids is 1. The summed E-state index contributed by atoms with van der Waals surface area (Å²) in [5.41, 5.74) is 4.65. The lowest BCUT2D eigenvalue weighted by atomic mass is 10.0. The summed E-state index contributed by atoms with van der Waals surface area (Å²) in [6.45, 7) is 4.63. The third kappa shape index (κ3) is 3.82. The first-order valence-corrected chi connectivity index (χ1v) is 8.93. The minimum Gasteiger partial charge on any atom is -0.461 e. The van der Waals surface area contributed by atoms with E-state index in [4.69, 9.17) is 4.74 Å².